The molecule has 0 radical (unpaired) electrons. The Morgan fingerprint density at radius 1 is 0.512 bits per heavy atom. The van der Waals surface area contributed by atoms with Gasteiger partial charge in [-0.1, -0.05) is 78.1 Å². The van der Waals surface area contributed by atoms with Gasteiger partial charge in [0, 0.05) is 42.7 Å². The number of para-hydroxylation sites is 4. The molecule has 10 rings (SSSR count). The molecular weight excluding hydrogens is 537 g/mol. The van der Waals surface area contributed by atoms with E-state index in [2.05, 4.69) is 119 Å². The van der Waals surface area contributed by atoms with Crippen molar-refractivity contribution in [1.82, 2.24) is 4.98 Å². The second-order valence-corrected chi connectivity index (χ2v) is 12.9. The van der Waals surface area contributed by atoms with Crippen LogP contribution in [0.25, 0.3) is 11.3 Å². The third-order valence-electron chi connectivity index (χ3n) is 8.65. The standard InChI is InChI=1S/C35H20BN3S2/c1-3-14-29-25(12-1)38-27-19-21(24-11-5-6-18-37-24)20-28-33(27)36(22-9-7-16-31(40-29)34(22)38)23-10-8-17-32-35(23)39(28)26-13-2-4-15-30(26)41-32/h1-20H. The minimum absolute atomic E-state index is 0.145. The van der Waals surface area contributed by atoms with Crippen LogP contribution in [0.5, 0.6) is 0 Å². The maximum Gasteiger partial charge on any atom is 0.252 e. The van der Waals surface area contributed by atoms with Gasteiger partial charge in [0.2, 0.25) is 0 Å². The molecule has 0 amide bonds. The third-order valence-corrected chi connectivity index (χ3v) is 10.9. The molecule has 0 saturated heterocycles. The van der Waals surface area contributed by atoms with Crippen LogP contribution in [-0.2, 0) is 0 Å². The van der Waals surface area contributed by atoms with Crippen LogP contribution in [0.4, 0.5) is 34.1 Å². The second kappa shape index (κ2) is 8.09. The predicted octanol–water partition coefficient (Wildman–Crippen LogP) is 7.76. The number of benzene rings is 5. The number of nitrogens with zero attached hydrogens (tertiary/aromatic N) is 3. The van der Waals surface area contributed by atoms with Crippen molar-refractivity contribution in [2.75, 3.05) is 9.80 Å². The molecule has 190 valence electrons. The summed E-state index contributed by atoms with van der Waals surface area (Å²) in [5.41, 5.74) is 13.8. The molecule has 0 aliphatic carbocycles. The van der Waals surface area contributed by atoms with Gasteiger partial charge in [-0.05, 0) is 77.1 Å². The lowest BCUT2D eigenvalue weighted by Gasteiger charge is -2.47. The van der Waals surface area contributed by atoms with Gasteiger partial charge < -0.3 is 9.80 Å². The molecule has 41 heavy (non-hydrogen) atoms. The number of aromatic nitrogens is 1. The molecule has 4 aliphatic heterocycles. The van der Waals surface area contributed by atoms with Crippen molar-refractivity contribution in [3.05, 3.63) is 121 Å². The Kier molecular flexibility index (Phi) is 4.41. The largest absolute Gasteiger partial charge is 0.309 e. The summed E-state index contributed by atoms with van der Waals surface area (Å²) in [6, 6.07) is 42.3. The van der Waals surface area contributed by atoms with Crippen molar-refractivity contribution in [2.45, 2.75) is 19.6 Å². The van der Waals surface area contributed by atoms with E-state index in [-0.39, 0.29) is 6.71 Å². The SMILES string of the molecule is c1ccc(-c2cc3c4c(c2)N2c5ccccc5Sc5cccc(c52)B4c2cccc4c2N3c2ccccc2S4)nc1. The Labute approximate surface area is 247 Å². The van der Waals surface area contributed by atoms with Gasteiger partial charge >= 0.3 is 0 Å². The first-order chi connectivity index (χ1) is 20.3. The highest BCUT2D eigenvalue weighted by Gasteiger charge is 2.47. The molecule has 3 nitrogen and oxygen atoms in total. The average Bonchev–Trinajstić information content (AvgIpc) is 3.03. The molecule has 1 aromatic heterocycles. The van der Waals surface area contributed by atoms with E-state index in [0.29, 0.717) is 0 Å². The van der Waals surface area contributed by atoms with E-state index in [4.69, 9.17) is 4.98 Å². The van der Waals surface area contributed by atoms with Gasteiger partial charge in [0.25, 0.3) is 6.71 Å². The molecular formula is C35H20BN3S2. The fraction of sp³-hybridized carbons (Fsp3) is 0. The lowest BCUT2D eigenvalue weighted by molar-refractivity contribution is 1.15. The van der Waals surface area contributed by atoms with Crippen LogP contribution in [0.3, 0.4) is 0 Å². The third kappa shape index (κ3) is 2.91. The number of pyridine rings is 1. The molecule has 0 spiro atoms. The van der Waals surface area contributed by atoms with E-state index in [1.54, 1.807) is 0 Å². The molecule has 5 heterocycles. The molecule has 6 aromatic rings. The maximum atomic E-state index is 4.81. The predicted molar refractivity (Wildman–Crippen MR) is 172 cm³/mol. The highest BCUT2D eigenvalue weighted by atomic mass is 32.2. The normalized spacial score (nSPS) is 14.5. The molecule has 4 aliphatic rings. The Bertz CT molecular complexity index is 1970. The van der Waals surface area contributed by atoms with Crippen LogP contribution in [0.1, 0.15) is 0 Å². The van der Waals surface area contributed by atoms with Gasteiger partial charge in [-0.15, -0.1) is 0 Å². The van der Waals surface area contributed by atoms with Crippen LogP contribution in [0.15, 0.2) is 141 Å². The summed E-state index contributed by atoms with van der Waals surface area (Å²) in [5.74, 6) is 0. The average molecular weight is 558 g/mol. The van der Waals surface area contributed by atoms with Crippen molar-refractivity contribution in [1.29, 1.82) is 0 Å². The van der Waals surface area contributed by atoms with Crippen molar-refractivity contribution < 1.29 is 0 Å². The number of anilines is 6. The van der Waals surface area contributed by atoms with Crippen LogP contribution in [0, 0.1) is 0 Å². The summed E-state index contributed by atoms with van der Waals surface area (Å²) in [7, 11) is 0. The quantitative estimate of drug-likeness (QED) is 0.192. The van der Waals surface area contributed by atoms with Crippen molar-refractivity contribution in [3.63, 3.8) is 0 Å². The summed E-state index contributed by atoms with van der Waals surface area (Å²) in [5, 5.41) is 0. The fourth-order valence-electron chi connectivity index (χ4n) is 7.07. The van der Waals surface area contributed by atoms with E-state index in [1.165, 1.54) is 70.1 Å². The molecule has 0 fully saturated rings. The van der Waals surface area contributed by atoms with E-state index < -0.39 is 0 Å². The van der Waals surface area contributed by atoms with Gasteiger partial charge in [-0.3, -0.25) is 4.98 Å². The van der Waals surface area contributed by atoms with E-state index in [0.717, 1.165) is 11.3 Å². The zero-order valence-electron chi connectivity index (χ0n) is 21.8. The molecule has 0 bridgehead atoms. The van der Waals surface area contributed by atoms with Crippen LogP contribution < -0.4 is 26.2 Å². The van der Waals surface area contributed by atoms with Crippen LogP contribution in [-0.4, -0.2) is 11.7 Å². The van der Waals surface area contributed by atoms with Gasteiger partial charge in [0.1, 0.15) is 0 Å². The summed E-state index contributed by atoms with van der Waals surface area (Å²) >= 11 is 3.76. The lowest BCUT2D eigenvalue weighted by atomic mass is 9.33. The van der Waals surface area contributed by atoms with E-state index >= 15 is 0 Å². The Hall–Kier alpha value is -4.39. The van der Waals surface area contributed by atoms with Gasteiger partial charge in [0.05, 0.1) is 28.4 Å². The lowest BCUT2D eigenvalue weighted by Crippen LogP contribution is -2.62. The minimum Gasteiger partial charge on any atom is -0.309 e. The molecule has 0 unspecified atom stereocenters. The van der Waals surface area contributed by atoms with Crippen LogP contribution in [0.2, 0.25) is 0 Å². The Morgan fingerprint density at radius 3 is 1.61 bits per heavy atom. The van der Waals surface area contributed by atoms with Crippen molar-refractivity contribution in [2.24, 2.45) is 0 Å². The van der Waals surface area contributed by atoms with E-state index in [1.807, 2.05) is 35.8 Å². The molecule has 5 aromatic carbocycles. The molecule has 6 heteroatoms. The van der Waals surface area contributed by atoms with E-state index in [9.17, 15) is 0 Å². The first kappa shape index (κ1) is 22.3. The molecule has 0 N–H and O–H groups in total. The summed E-state index contributed by atoms with van der Waals surface area (Å²) in [4.78, 5) is 15.0. The first-order valence-electron chi connectivity index (χ1n) is 13.8. The van der Waals surface area contributed by atoms with Crippen molar-refractivity contribution >= 4 is 80.7 Å². The maximum absolute atomic E-state index is 4.81. The monoisotopic (exact) mass is 557 g/mol. The number of fused-ring (bicyclic) bond motifs is 8. The Balaban J connectivity index is 1.38. The Morgan fingerprint density at radius 2 is 1.05 bits per heavy atom. The summed E-state index contributed by atoms with van der Waals surface area (Å²) in [6.45, 7) is 0.145. The first-order valence-corrected chi connectivity index (χ1v) is 15.5. The zero-order valence-corrected chi connectivity index (χ0v) is 23.4. The highest BCUT2D eigenvalue weighted by Crippen LogP contribution is 2.56. The summed E-state index contributed by atoms with van der Waals surface area (Å²) < 4.78 is 0. The number of hydrogen-bond donors (Lipinski definition) is 0. The summed E-state index contributed by atoms with van der Waals surface area (Å²) in [6.07, 6.45) is 1.89. The minimum atomic E-state index is 0.145. The van der Waals surface area contributed by atoms with Crippen LogP contribution >= 0.6 is 23.5 Å². The number of rotatable bonds is 1. The smallest absolute Gasteiger partial charge is 0.252 e. The topological polar surface area (TPSA) is 19.4 Å². The van der Waals surface area contributed by atoms with Crippen molar-refractivity contribution in [3.8, 4) is 11.3 Å². The molecule has 0 saturated carbocycles. The van der Waals surface area contributed by atoms with Gasteiger partial charge in [0.15, 0.2) is 0 Å². The second-order valence-electron chi connectivity index (χ2n) is 10.8. The van der Waals surface area contributed by atoms with Gasteiger partial charge in [-0.25, -0.2) is 0 Å². The highest BCUT2D eigenvalue weighted by molar-refractivity contribution is 8.00. The number of hydrogen-bond acceptors (Lipinski definition) is 5. The zero-order chi connectivity index (χ0) is 26.7. The van der Waals surface area contributed by atoms with Gasteiger partial charge in [-0.2, -0.15) is 0 Å². The fourth-order valence-corrected chi connectivity index (χ4v) is 9.27. The molecule has 0 atom stereocenters.